The largest absolute Gasteiger partial charge is 0.490 e. The van der Waals surface area contributed by atoms with E-state index in [0.29, 0.717) is 43.9 Å². The number of nitrogens with one attached hydrogen (secondary N) is 1. The second-order valence-electron chi connectivity index (χ2n) is 3.85. The van der Waals surface area contributed by atoms with Gasteiger partial charge in [-0.2, -0.15) is 13.2 Å². The number of carbonyl (C=O) groups excluding carboxylic acids is 1. The van der Waals surface area contributed by atoms with Crippen LogP contribution in [0.2, 0.25) is 0 Å². The third-order valence-corrected chi connectivity index (χ3v) is 2.30. The first-order valence-electron chi connectivity index (χ1n) is 4.94. The smallest absolute Gasteiger partial charge is 0.475 e. The van der Waals surface area contributed by atoms with Crippen molar-refractivity contribution in [2.24, 2.45) is 0 Å². The van der Waals surface area contributed by atoms with Crippen molar-refractivity contribution in [1.29, 1.82) is 0 Å². The van der Waals surface area contributed by atoms with Crippen molar-refractivity contribution in [1.82, 2.24) is 5.32 Å². The highest BCUT2D eigenvalue weighted by atomic mass is 19.4. The molecule has 2 aliphatic rings. The van der Waals surface area contributed by atoms with Gasteiger partial charge in [0.05, 0.1) is 13.2 Å². The molecule has 0 aromatic heterocycles. The molecule has 2 aliphatic heterocycles. The zero-order valence-corrected chi connectivity index (χ0v) is 8.79. The summed E-state index contributed by atoms with van der Waals surface area (Å²) in [6.45, 7) is 1.42. The first kappa shape index (κ1) is 13.9. The van der Waals surface area contributed by atoms with Gasteiger partial charge in [0, 0.05) is 24.9 Å². The molecule has 5 nitrogen and oxygen atoms in total. The number of rotatable bonds is 0. The van der Waals surface area contributed by atoms with Crippen LogP contribution in [0.3, 0.4) is 0 Å². The number of ketones is 1. The number of alkyl halides is 3. The lowest BCUT2D eigenvalue weighted by atomic mass is 9.96. The molecule has 8 heteroatoms. The lowest BCUT2D eigenvalue weighted by Gasteiger charge is -2.34. The number of halogens is 3. The molecule has 98 valence electrons. The van der Waals surface area contributed by atoms with Crippen molar-refractivity contribution < 1.29 is 32.6 Å². The molecule has 2 unspecified atom stereocenters. The topological polar surface area (TPSA) is 75.6 Å². The number of hydrogen-bond acceptors (Lipinski definition) is 4. The molecule has 0 amide bonds. The van der Waals surface area contributed by atoms with Crippen molar-refractivity contribution in [3.05, 3.63) is 0 Å². The molecule has 0 radical (unpaired) electrons. The van der Waals surface area contributed by atoms with Crippen LogP contribution < -0.4 is 5.32 Å². The van der Waals surface area contributed by atoms with Gasteiger partial charge in [0.2, 0.25) is 0 Å². The van der Waals surface area contributed by atoms with Gasteiger partial charge in [-0.3, -0.25) is 4.79 Å². The first-order chi connectivity index (χ1) is 7.79. The van der Waals surface area contributed by atoms with E-state index in [2.05, 4.69) is 5.32 Å². The minimum atomic E-state index is -5.08. The number of carboxylic acids is 1. The molecular weight excluding hydrogens is 243 g/mol. The molecule has 2 bridgehead atoms. The highest BCUT2D eigenvalue weighted by Crippen LogP contribution is 2.14. The molecular formula is C9H12F3NO4. The Balaban J connectivity index is 0.000000185. The summed E-state index contributed by atoms with van der Waals surface area (Å²) < 4.78 is 37.0. The third-order valence-electron chi connectivity index (χ3n) is 2.30. The van der Waals surface area contributed by atoms with Crippen molar-refractivity contribution in [2.45, 2.75) is 31.1 Å². The minimum absolute atomic E-state index is 0.306. The SMILES string of the molecule is O=C(O)C(F)(F)F.O=C1CC2COCC(C1)N2. The number of ether oxygens (including phenoxy) is 1. The Bertz CT molecular complexity index is 291. The van der Waals surface area contributed by atoms with Crippen molar-refractivity contribution >= 4 is 11.8 Å². The number of Topliss-reactive ketones (excluding diaryl/α,β-unsaturated/α-hetero) is 1. The van der Waals surface area contributed by atoms with E-state index in [4.69, 9.17) is 14.6 Å². The summed E-state index contributed by atoms with van der Waals surface area (Å²) in [6, 6.07) is 0.611. The summed E-state index contributed by atoms with van der Waals surface area (Å²) in [5.41, 5.74) is 0. The highest BCUT2D eigenvalue weighted by Gasteiger charge is 2.38. The van der Waals surface area contributed by atoms with Crippen LogP contribution in [0.25, 0.3) is 0 Å². The fraction of sp³-hybridized carbons (Fsp3) is 0.778. The molecule has 0 spiro atoms. The summed E-state index contributed by atoms with van der Waals surface area (Å²) in [5, 5.41) is 10.5. The number of hydrogen-bond donors (Lipinski definition) is 2. The molecule has 2 fully saturated rings. The van der Waals surface area contributed by atoms with Crippen LogP contribution in [0.5, 0.6) is 0 Å². The lowest BCUT2D eigenvalue weighted by Crippen LogP contribution is -2.54. The van der Waals surface area contributed by atoms with Gasteiger partial charge in [-0.15, -0.1) is 0 Å². The number of fused-ring (bicyclic) bond motifs is 2. The fourth-order valence-corrected chi connectivity index (χ4v) is 1.65. The van der Waals surface area contributed by atoms with E-state index in [1.165, 1.54) is 0 Å². The summed E-state index contributed by atoms with van der Waals surface area (Å²) >= 11 is 0. The molecule has 0 aromatic rings. The Kier molecular flexibility index (Phi) is 4.47. The summed E-state index contributed by atoms with van der Waals surface area (Å²) in [7, 11) is 0. The molecule has 0 saturated carbocycles. The summed E-state index contributed by atoms with van der Waals surface area (Å²) in [4.78, 5) is 19.9. The minimum Gasteiger partial charge on any atom is -0.475 e. The average molecular weight is 255 g/mol. The standard InChI is InChI=1S/C7H11NO2.C2HF3O2/c9-7-1-5-3-10-4-6(2-7)8-5;3-2(4,5)1(6)7/h5-6,8H,1-4H2;(H,6,7). The van der Waals surface area contributed by atoms with Crippen LogP contribution in [0.15, 0.2) is 0 Å². The van der Waals surface area contributed by atoms with E-state index in [1.807, 2.05) is 0 Å². The fourth-order valence-electron chi connectivity index (χ4n) is 1.65. The average Bonchev–Trinajstić information content (AvgIpc) is 2.15. The number of piperidine rings is 1. The molecule has 2 heterocycles. The number of morpholine rings is 1. The maximum Gasteiger partial charge on any atom is 0.490 e. The van der Waals surface area contributed by atoms with Gasteiger partial charge in [0.15, 0.2) is 0 Å². The van der Waals surface area contributed by atoms with E-state index in [1.54, 1.807) is 0 Å². The Hall–Kier alpha value is -1.15. The predicted octanol–water partition coefficient (Wildman–Crippen LogP) is 0.340. The Labute approximate surface area is 94.9 Å². The maximum absolute atomic E-state index is 11.0. The number of aliphatic carboxylic acids is 1. The highest BCUT2D eigenvalue weighted by molar-refractivity contribution is 5.80. The van der Waals surface area contributed by atoms with E-state index >= 15 is 0 Å². The van der Waals surface area contributed by atoms with Gasteiger partial charge in [-0.05, 0) is 0 Å². The molecule has 2 N–H and O–H groups in total. The summed E-state index contributed by atoms with van der Waals surface area (Å²) in [6.07, 6.45) is -3.76. The molecule has 0 aromatic carbocycles. The van der Waals surface area contributed by atoms with Gasteiger partial charge in [-0.1, -0.05) is 0 Å². The molecule has 2 saturated heterocycles. The van der Waals surface area contributed by atoms with Gasteiger partial charge >= 0.3 is 12.1 Å². The monoisotopic (exact) mass is 255 g/mol. The molecule has 17 heavy (non-hydrogen) atoms. The molecule has 0 aliphatic carbocycles. The van der Waals surface area contributed by atoms with Gasteiger partial charge < -0.3 is 15.2 Å². The van der Waals surface area contributed by atoms with Crippen LogP contribution in [-0.4, -0.2) is 48.3 Å². The van der Waals surface area contributed by atoms with Gasteiger partial charge in [-0.25, -0.2) is 4.79 Å². The second kappa shape index (κ2) is 5.46. The van der Waals surface area contributed by atoms with Crippen LogP contribution >= 0.6 is 0 Å². The van der Waals surface area contributed by atoms with E-state index < -0.39 is 12.1 Å². The van der Waals surface area contributed by atoms with E-state index in [0.717, 1.165) is 0 Å². The molecule has 2 rings (SSSR count). The zero-order chi connectivity index (χ0) is 13.1. The van der Waals surface area contributed by atoms with Crippen molar-refractivity contribution in [3.63, 3.8) is 0 Å². The second-order valence-corrected chi connectivity index (χ2v) is 3.85. The number of carbonyl (C=O) groups is 2. The number of carboxylic acid groups (broad SMARTS) is 1. The van der Waals surface area contributed by atoms with E-state index in [-0.39, 0.29) is 0 Å². The Morgan fingerprint density at radius 2 is 1.71 bits per heavy atom. The molecule has 2 atom stereocenters. The Morgan fingerprint density at radius 1 is 1.29 bits per heavy atom. The zero-order valence-electron chi connectivity index (χ0n) is 8.79. The normalized spacial score (nSPS) is 28.1. The first-order valence-corrected chi connectivity index (χ1v) is 4.94. The van der Waals surface area contributed by atoms with Crippen LogP contribution in [0.4, 0.5) is 13.2 Å². The van der Waals surface area contributed by atoms with Crippen molar-refractivity contribution in [3.8, 4) is 0 Å². The predicted molar refractivity (Wildman–Crippen MR) is 49.5 cm³/mol. The van der Waals surface area contributed by atoms with Gasteiger partial charge in [0.25, 0.3) is 0 Å². The quantitative estimate of drug-likeness (QED) is 0.652. The van der Waals surface area contributed by atoms with Crippen molar-refractivity contribution in [2.75, 3.05) is 13.2 Å². The van der Waals surface area contributed by atoms with E-state index in [9.17, 15) is 18.0 Å². The summed E-state index contributed by atoms with van der Waals surface area (Å²) in [5.74, 6) is -2.37. The third kappa shape index (κ3) is 4.70. The van der Waals surface area contributed by atoms with Crippen LogP contribution in [-0.2, 0) is 14.3 Å². The lowest BCUT2D eigenvalue weighted by molar-refractivity contribution is -0.192. The van der Waals surface area contributed by atoms with Gasteiger partial charge in [0.1, 0.15) is 5.78 Å². The maximum atomic E-state index is 11.0. The van der Waals surface area contributed by atoms with Crippen LogP contribution in [0.1, 0.15) is 12.8 Å². The van der Waals surface area contributed by atoms with Crippen LogP contribution in [0, 0.1) is 0 Å². The Morgan fingerprint density at radius 3 is 2.06 bits per heavy atom.